The molecule has 1 aliphatic heterocycles. The predicted octanol–water partition coefficient (Wildman–Crippen LogP) is 3.59. The van der Waals surface area contributed by atoms with Gasteiger partial charge in [-0.1, -0.05) is 18.2 Å². The van der Waals surface area contributed by atoms with Gasteiger partial charge in [0.2, 0.25) is 5.91 Å². The van der Waals surface area contributed by atoms with Crippen molar-refractivity contribution in [3.05, 3.63) is 59.4 Å². The summed E-state index contributed by atoms with van der Waals surface area (Å²) in [5.74, 6) is -0.0561. The van der Waals surface area contributed by atoms with Crippen LogP contribution < -0.4 is 10.2 Å². The summed E-state index contributed by atoms with van der Waals surface area (Å²) >= 11 is 0. The minimum absolute atomic E-state index is 0.148. The number of carbonyl (C=O) groups is 1. The van der Waals surface area contributed by atoms with E-state index < -0.39 is 0 Å². The third kappa shape index (κ3) is 4.34. The molecular formula is C21H26FN3O. The Kier molecular flexibility index (Phi) is 5.76. The van der Waals surface area contributed by atoms with Gasteiger partial charge < -0.3 is 15.1 Å². The van der Waals surface area contributed by atoms with E-state index >= 15 is 0 Å². The number of rotatable bonds is 5. The lowest BCUT2D eigenvalue weighted by Crippen LogP contribution is -2.49. The Morgan fingerprint density at radius 3 is 2.46 bits per heavy atom. The molecule has 2 aromatic carbocycles. The zero-order valence-electron chi connectivity index (χ0n) is 15.5. The van der Waals surface area contributed by atoms with Gasteiger partial charge in [0.1, 0.15) is 5.82 Å². The van der Waals surface area contributed by atoms with Crippen molar-refractivity contribution >= 4 is 17.3 Å². The second-order valence-electron chi connectivity index (χ2n) is 6.80. The monoisotopic (exact) mass is 355 g/mol. The number of aryl methyl sites for hydroxylation is 2. The van der Waals surface area contributed by atoms with Crippen LogP contribution in [0.1, 0.15) is 17.5 Å². The van der Waals surface area contributed by atoms with E-state index in [1.165, 1.54) is 17.2 Å². The summed E-state index contributed by atoms with van der Waals surface area (Å²) in [5, 5.41) is 3.32. The number of carbonyl (C=O) groups excluding carboxylic acids is 1. The number of halogens is 1. The average Bonchev–Trinajstić information content (AvgIpc) is 2.65. The van der Waals surface area contributed by atoms with Crippen LogP contribution in [0.15, 0.2) is 42.5 Å². The van der Waals surface area contributed by atoms with Gasteiger partial charge in [-0.25, -0.2) is 4.39 Å². The second kappa shape index (κ2) is 8.21. The molecule has 0 aromatic heterocycles. The minimum atomic E-state index is -0.204. The van der Waals surface area contributed by atoms with Gasteiger partial charge in [-0.15, -0.1) is 0 Å². The Balaban J connectivity index is 1.45. The molecule has 3 rings (SSSR count). The van der Waals surface area contributed by atoms with Gasteiger partial charge in [-0.3, -0.25) is 4.79 Å². The maximum atomic E-state index is 13.9. The fourth-order valence-electron chi connectivity index (χ4n) is 3.23. The van der Waals surface area contributed by atoms with E-state index in [0.717, 1.165) is 5.69 Å². The summed E-state index contributed by atoms with van der Waals surface area (Å²) in [6.07, 6.45) is 0.465. The van der Waals surface area contributed by atoms with Crippen LogP contribution >= 0.6 is 0 Å². The fraction of sp³-hybridized carbons (Fsp3) is 0.381. The zero-order valence-corrected chi connectivity index (χ0v) is 15.5. The van der Waals surface area contributed by atoms with E-state index in [4.69, 9.17) is 0 Å². The third-order valence-corrected chi connectivity index (χ3v) is 5.00. The lowest BCUT2D eigenvalue weighted by atomic mass is 10.1. The summed E-state index contributed by atoms with van der Waals surface area (Å²) in [4.78, 5) is 16.3. The van der Waals surface area contributed by atoms with Crippen LogP contribution in [0.3, 0.4) is 0 Å². The first-order chi connectivity index (χ1) is 12.5. The van der Waals surface area contributed by atoms with Gasteiger partial charge in [0.05, 0.1) is 5.69 Å². The standard InChI is InChI=1S/C21H26FN3O/c1-16-7-8-18(15-17(16)2)23-10-9-21(26)25-13-11-24(12-14-25)20-6-4-3-5-19(20)22/h3-8,15,23H,9-14H2,1-2H3. The highest BCUT2D eigenvalue weighted by Crippen LogP contribution is 2.20. The van der Waals surface area contributed by atoms with Crippen LogP contribution in [0.5, 0.6) is 0 Å². The van der Waals surface area contributed by atoms with Gasteiger partial charge in [0.15, 0.2) is 0 Å². The minimum Gasteiger partial charge on any atom is -0.385 e. The number of para-hydroxylation sites is 1. The molecule has 0 bridgehead atoms. The molecule has 0 unspecified atom stereocenters. The van der Waals surface area contributed by atoms with Crippen LogP contribution in [-0.4, -0.2) is 43.5 Å². The first-order valence-electron chi connectivity index (χ1n) is 9.13. The molecule has 1 aliphatic rings. The molecule has 5 heteroatoms. The first kappa shape index (κ1) is 18.2. The van der Waals surface area contributed by atoms with Crippen molar-refractivity contribution in [3.63, 3.8) is 0 Å². The summed E-state index contributed by atoms with van der Waals surface area (Å²) in [7, 11) is 0. The molecule has 1 saturated heterocycles. The van der Waals surface area contributed by atoms with Crippen LogP contribution in [0.2, 0.25) is 0 Å². The van der Waals surface area contributed by atoms with Gasteiger partial charge >= 0.3 is 0 Å². The van der Waals surface area contributed by atoms with Gasteiger partial charge in [-0.05, 0) is 49.2 Å². The van der Waals surface area contributed by atoms with E-state index in [0.29, 0.717) is 44.8 Å². The van der Waals surface area contributed by atoms with E-state index in [1.54, 1.807) is 12.1 Å². The Labute approximate surface area is 154 Å². The lowest BCUT2D eigenvalue weighted by molar-refractivity contribution is -0.131. The number of nitrogens with one attached hydrogen (secondary N) is 1. The molecule has 0 saturated carbocycles. The molecule has 0 spiro atoms. The highest BCUT2D eigenvalue weighted by atomic mass is 19.1. The van der Waals surface area contributed by atoms with Crippen LogP contribution in [0.25, 0.3) is 0 Å². The van der Waals surface area contributed by atoms with Crippen molar-refractivity contribution in [2.24, 2.45) is 0 Å². The smallest absolute Gasteiger partial charge is 0.224 e. The molecule has 138 valence electrons. The van der Waals surface area contributed by atoms with Gasteiger partial charge in [-0.2, -0.15) is 0 Å². The number of nitrogens with zero attached hydrogens (tertiary/aromatic N) is 2. The highest BCUT2D eigenvalue weighted by molar-refractivity contribution is 5.77. The number of hydrogen-bond acceptors (Lipinski definition) is 3. The molecule has 1 amide bonds. The normalized spacial score (nSPS) is 14.4. The van der Waals surface area contributed by atoms with Gasteiger partial charge in [0, 0.05) is 44.8 Å². The maximum absolute atomic E-state index is 13.9. The average molecular weight is 355 g/mol. The van der Waals surface area contributed by atoms with Crippen LogP contribution in [0.4, 0.5) is 15.8 Å². The predicted molar refractivity (Wildman–Crippen MR) is 104 cm³/mol. The number of benzene rings is 2. The van der Waals surface area contributed by atoms with Crippen molar-refractivity contribution in [2.75, 3.05) is 42.9 Å². The van der Waals surface area contributed by atoms with Crippen molar-refractivity contribution < 1.29 is 9.18 Å². The quantitative estimate of drug-likeness (QED) is 0.890. The molecule has 0 radical (unpaired) electrons. The topological polar surface area (TPSA) is 35.6 Å². The molecule has 4 nitrogen and oxygen atoms in total. The number of anilines is 2. The van der Waals surface area contributed by atoms with Crippen molar-refractivity contribution in [3.8, 4) is 0 Å². The number of amides is 1. The molecule has 1 fully saturated rings. The number of piperazine rings is 1. The number of hydrogen-bond donors (Lipinski definition) is 1. The Morgan fingerprint density at radius 1 is 1.04 bits per heavy atom. The summed E-state index contributed by atoms with van der Waals surface area (Å²) in [5.41, 5.74) is 4.17. The molecule has 2 aromatic rings. The summed E-state index contributed by atoms with van der Waals surface area (Å²) in [6, 6.07) is 13.0. The van der Waals surface area contributed by atoms with Crippen LogP contribution in [0, 0.1) is 19.7 Å². The van der Waals surface area contributed by atoms with E-state index in [1.807, 2.05) is 21.9 Å². The summed E-state index contributed by atoms with van der Waals surface area (Å²) in [6.45, 7) is 7.39. The van der Waals surface area contributed by atoms with Crippen LogP contribution in [-0.2, 0) is 4.79 Å². The summed E-state index contributed by atoms with van der Waals surface area (Å²) < 4.78 is 13.9. The highest BCUT2D eigenvalue weighted by Gasteiger charge is 2.22. The molecular weight excluding hydrogens is 329 g/mol. The second-order valence-corrected chi connectivity index (χ2v) is 6.80. The molecule has 0 atom stereocenters. The van der Waals surface area contributed by atoms with Crippen molar-refractivity contribution in [2.45, 2.75) is 20.3 Å². The molecule has 1 N–H and O–H groups in total. The Morgan fingerprint density at radius 2 is 1.77 bits per heavy atom. The largest absolute Gasteiger partial charge is 0.385 e. The van der Waals surface area contributed by atoms with E-state index in [-0.39, 0.29) is 11.7 Å². The first-order valence-corrected chi connectivity index (χ1v) is 9.13. The Bertz CT molecular complexity index is 770. The zero-order chi connectivity index (χ0) is 18.5. The fourth-order valence-corrected chi connectivity index (χ4v) is 3.23. The third-order valence-electron chi connectivity index (χ3n) is 5.00. The van der Waals surface area contributed by atoms with E-state index in [9.17, 15) is 9.18 Å². The lowest BCUT2D eigenvalue weighted by Gasteiger charge is -2.36. The van der Waals surface area contributed by atoms with Crippen molar-refractivity contribution in [1.29, 1.82) is 0 Å². The van der Waals surface area contributed by atoms with Gasteiger partial charge in [0.25, 0.3) is 0 Å². The SMILES string of the molecule is Cc1ccc(NCCC(=O)N2CCN(c3ccccc3F)CC2)cc1C. The molecule has 26 heavy (non-hydrogen) atoms. The molecule has 0 aliphatic carbocycles. The maximum Gasteiger partial charge on any atom is 0.224 e. The van der Waals surface area contributed by atoms with Crippen molar-refractivity contribution in [1.82, 2.24) is 4.90 Å². The van der Waals surface area contributed by atoms with E-state index in [2.05, 4.69) is 31.3 Å². The Hall–Kier alpha value is -2.56. The molecule has 1 heterocycles.